The molecule has 4 saturated carbocycles. The fourth-order valence-corrected chi connectivity index (χ4v) is 8.75. The van der Waals surface area contributed by atoms with E-state index in [1.165, 1.54) is 38.5 Å². The fourth-order valence-electron chi connectivity index (χ4n) is 8.75. The number of methoxy groups -OCH3 is 1. The highest BCUT2D eigenvalue weighted by molar-refractivity contribution is 5.06. The summed E-state index contributed by atoms with van der Waals surface area (Å²) in [5.74, 6) is 7.60. The van der Waals surface area contributed by atoms with Gasteiger partial charge in [0.15, 0.2) is 0 Å². The van der Waals surface area contributed by atoms with E-state index in [1.807, 2.05) is 0 Å². The number of rotatable bonds is 4. The molecule has 2 N–H and O–H groups in total. The van der Waals surface area contributed by atoms with Crippen LogP contribution < -0.4 is 0 Å². The molecule has 12 atom stereocenters. The van der Waals surface area contributed by atoms with E-state index in [9.17, 15) is 10.2 Å². The van der Waals surface area contributed by atoms with Crippen molar-refractivity contribution < 1.29 is 14.9 Å². The van der Waals surface area contributed by atoms with Crippen LogP contribution in [0.4, 0.5) is 0 Å². The maximum atomic E-state index is 10.7. The van der Waals surface area contributed by atoms with Gasteiger partial charge < -0.3 is 14.9 Å². The Morgan fingerprint density at radius 1 is 0.966 bits per heavy atom. The van der Waals surface area contributed by atoms with Crippen LogP contribution in [0.2, 0.25) is 0 Å². The molecule has 0 heterocycles. The predicted molar refractivity (Wildman–Crippen MR) is 117 cm³/mol. The SMILES string of the molecule is COC[C@@H](O)[C@@H](C)[C@@H]1CCC[C@@H]2[C@H]3CC[C@@](C)(O)C[C@H]3CC[C@H]2[C@@H](C)[C@@H]2[C@H](C)[C@H]12. The van der Waals surface area contributed by atoms with Crippen molar-refractivity contribution in [2.45, 2.75) is 90.8 Å². The van der Waals surface area contributed by atoms with Crippen molar-refractivity contribution in [1.29, 1.82) is 0 Å². The Morgan fingerprint density at radius 2 is 1.72 bits per heavy atom. The van der Waals surface area contributed by atoms with E-state index in [-0.39, 0.29) is 6.10 Å². The van der Waals surface area contributed by atoms with Crippen molar-refractivity contribution in [3.8, 4) is 0 Å². The van der Waals surface area contributed by atoms with E-state index in [4.69, 9.17) is 4.74 Å². The second-order valence-corrected chi connectivity index (χ2v) is 11.9. The Labute approximate surface area is 179 Å². The van der Waals surface area contributed by atoms with Crippen LogP contribution in [-0.2, 0) is 4.74 Å². The van der Waals surface area contributed by atoms with Crippen molar-refractivity contribution >= 4 is 0 Å². The van der Waals surface area contributed by atoms with Gasteiger partial charge in [0.05, 0.1) is 18.3 Å². The Bertz CT molecular complexity index is 560. The minimum atomic E-state index is -0.424. The van der Waals surface area contributed by atoms with E-state index >= 15 is 0 Å². The van der Waals surface area contributed by atoms with Crippen LogP contribution in [0, 0.1) is 59.2 Å². The van der Waals surface area contributed by atoms with E-state index in [2.05, 4.69) is 27.7 Å². The Hall–Kier alpha value is -0.120. The lowest BCUT2D eigenvalue weighted by molar-refractivity contribution is -0.0682. The van der Waals surface area contributed by atoms with E-state index in [0.717, 1.165) is 60.2 Å². The molecule has 4 rings (SSSR count). The summed E-state index contributed by atoms with van der Waals surface area (Å²) < 4.78 is 5.28. The molecular formula is C26H46O3. The third-order valence-electron chi connectivity index (χ3n) is 10.3. The third kappa shape index (κ3) is 4.17. The molecule has 0 aromatic heterocycles. The molecule has 0 spiro atoms. The lowest BCUT2D eigenvalue weighted by Gasteiger charge is -2.51. The van der Waals surface area contributed by atoms with Gasteiger partial charge in [0.1, 0.15) is 0 Å². The first-order valence-electron chi connectivity index (χ1n) is 12.6. The summed E-state index contributed by atoms with van der Waals surface area (Å²) >= 11 is 0. The minimum Gasteiger partial charge on any atom is -0.390 e. The molecule has 0 radical (unpaired) electrons. The van der Waals surface area contributed by atoms with Gasteiger partial charge in [-0.15, -0.1) is 0 Å². The summed E-state index contributed by atoms with van der Waals surface area (Å²) in [7, 11) is 1.70. The van der Waals surface area contributed by atoms with Crippen LogP contribution in [-0.4, -0.2) is 35.6 Å². The van der Waals surface area contributed by atoms with Gasteiger partial charge in [0.2, 0.25) is 0 Å². The Kier molecular flexibility index (Phi) is 6.42. The summed E-state index contributed by atoms with van der Waals surface area (Å²) in [5, 5.41) is 21.3. The molecule has 4 aliphatic rings. The maximum absolute atomic E-state index is 10.7. The molecule has 0 saturated heterocycles. The standard InChI is InChI=1S/C26H46O3/c1-15(23(27)14-29-5)20-7-6-8-22-19(16(2)24-17(3)25(20)24)10-9-18-13-26(4,28)12-11-21(18)22/h15-25,27-28H,6-14H2,1-5H3/t15-,16+,17-,18+,19-,20-,21-,22-,23+,24+,25+,26+/m0/s1. The van der Waals surface area contributed by atoms with Crippen molar-refractivity contribution in [2.24, 2.45) is 59.2 Å². The first-order valence-corrected chi connectivity index (χ1v) is 12.6. The molecule has 0 aromatic rings. The van der Waals surface area contributed by atoms with Gasteiger partial charge in [-0.25, -0.2) is 0 Å². The zero-order valence-electron chi connectivity index (χ0n) is 19.5. The summed E-state index contributed by atoms with van der Waals surface area (Å²) in [4.78, 5) is 0. The molecule has 29 heavy (non-hydrogen) atoms. The van der Waals surface area contributed by atoms with Crippen LogP contribution in [0.3, 0.4) is 0 Å². The molecular weight excluding hydrogens is 360 g/mol. The van der Waals surface area contributed by atoms with Crippen LogP contribution in [0.5, 0.6) is 0 Å². The lowest BCUT2D eigenvalue weighted by atomic mass is 9.56. The summed E-state index contributed by atoms with van der Waals surface area (Å²) in [6.07, 6.45) is 9.61. The van der Waals surface area contributed by atoms with E-state index in [1.54, 1.807) is 7.11 Å². The number of hydrogen-bond donors (Lipinski definition) is 2. The zero-order chi connectivity index (χ0) is 20.9. The molecule has 3 heteroatoms. The van der Waals surface area contributed by atoms with E-state index < -0.39 is 5.60 Å². The van der Waals surface area contributed by atoms with Crippen molar-refractivity contribution in [1.82, 2.24) is 0 Å². The Morgan fingerprint density at radius 3 is 2.45 bits per heavy atom. The van der Waals surface area contributed by atoms with Crippen molar-refractivity contribution in [3.05, 3.63) is 0 Å². The summed E-state index contributed by atoms with van der Waals surface area (Å²) in [6.45, 7) is 9.85. The smallest absolute Gasteiger partial charge is 0.0801 e. The first kappa shape index (κ1) is 22.1. The van der Waals surface area contributed by atoms with Gasteiger partial charge in [-0.3, -0.25) is 0 Å². The van der Waals surface area contributed by atoms with Crippen LogP contribution >= 0.6 is 0 Å². The molecule has 0 amide bonds. The number of aliphatic hydroxyl groups excluding tert-OH is 1. The molecule has 4 fully saturated rings. The second-order valence-electron chi connectivity index (χ2n) is 11.9. The van der Waals surface area contributed by atoms with Crippen LogP contribution in [0.1, 0.15) is 79.1 Å². The largest absolute Gasteiger partial charge is 0.390 e. The molecule has 3 nitrogen and oxygen atoms in total. The molecule has 0 unspecified atom stereocenters. The Balaban J connectivity index is 1.52. The molecule has 0 aliphatic heterocycles. The van der Waals surface area contributed by atoms with E-state index in [0.29, 0.717) is 18.4 Å². The minimum absolute atomic E-state index is 0.331. The first-order chi connectivity index (χ1) is 13.7. The molecule has 4 aliphatic carbocycles. The number of hydrogen-bond acceptors (Lipinski definition) is 3. The van der Waals surface area contributed by atoms with Gasteiger partial charge in [-0.05, 0) is 111 Å². The average Bonchev–Trinajstić information content (AvgIpc) is 3.31. The highest BCUT2D eigenvalue weighted by Crippen LogP contribution is 2.63. The average molecular weight is 407 g/mol. The van der Waals surface area contributed by atoms with Gasteiger partial charge >= 0.3 is 0 Å². The van der Waals surface area contributed by atoms with Crippen LogP contribution in [0.15, 0.2) is 0 Å². The summed E-state index contributed by atoms with van der Waals surface area (Å²) in [5.41, 5.74) is -0.424. The highest BCUT2D eigenvalue weighted by atomic mass is 16.5. The molecule has 0 bridgehead atoms. The maximum Gasteiger partial charge on any atom is 0.0801 e. The lowest BCUT2D eigenvalue weighted by Crippen LogP contribution is -2.45. The highest BCUT2D eigenvalue weighted by Gasteiger charge is 2.58. The molecule has 0 aromatic carbocycles. The number of aliphatic hydroxyl groups is 2. The topological polar surface area (TPSA) is 49.7 Å². The number of ether oxygens (including phenoxy) is 1. The fraction of sp³-hybridized carbons (Fsp3) is 1.00. The van der Waals surface area contributed by atoms with Crippen LogP contribution in [0.25, 0.3) is 0 Å². The monoisotopic (exact) mass is 406 g/mol. The zero-order valence-corrected chi connectivity index (χ0v) is 19.5. The molecule has 168 valence electrons. The van der Waals surface area contributed by atoms with Crippen molar-refractivity contribution in [3.63, 3.8) is 0 Å². The third-order valence-corrected chi connectivity index (χ3v) is 10.3. The predicted octanol–water partition coefficient (Wildman–Crippen LogP) is 5.14. The van der Waals surface area contributed by atoms with Gasteiger partial charge in [0, 0.05) is 7.11 Å². The van der Waals surface area contributed by atoms with Gasteiger partial charge in [-0.1, -0.05) is 27.2 Å². The normalized spacial score (nSPS) is 52.0. The number of fused-ring (bicyclic) bond motifs is 4. The van der Waals surface area contributed by atoms with Gasteiger partial charge in [0.25, 0.3) is 0 Å². The van der Waals surface area contributed by atoms with Gasteiger partial charge in [-0.2, -0.15) is 0 Å². The van der Waals surface area contributed by atoms with Crippen molar-refractivity contribution in [2.75, 3.05) is 13.7 Å². The quantitative estimate of drug-likeness (QED) is 0.679. The summed E-state index contributed by atoms with van der Waals surface area (Å²) in [6, 6.07) is 0. The second kappa shape index (κ2) is 8.43.